The van der Waals surface area contributed by atoms with Crippen LogP contribution in [0, 0.1) is 0 Å². The van der Waals surface area contributed by atoms with Gasteiger partial charge in [0, 0.05) is 30.0 Å². The lowest BCUT2D eigenvalue weighted by molar-refractivity contribution is 0.451. The highest BCUT2D eigenvalue weighted by Gasteiger charge is 2.19. The van der Waals surface area contributed by atoms with Crippen LogP contribution in [0.1, 0.15) is 24.5 Å². The van der Waals surface area contributed by atoms with E-state index in [0.29, 0.717) is 5.92 Å². The van der Waals surface area contributed by atoms with Gasteiger partial charge in [0.25, 0.3) is 0 Å². The van der Waals surface area contributed by atoms with Gasteiger partial charge in [0.05, 0.1) is 6.33 Å². The van der Waals surface area contributed by atoms with E-state index in [1.54, 1.807) is 0 Å². The molecule has 0 amide bonds. The predicted octanol–water partition coefficient (Wildman–Crippen LogP) is 3.49. The maximum absolute atomic E-state index is 4.39. The molecule has 1 atom stereocenters. The zero-order valence-corrected chi connectivity index (χ0v) is 12.0. The van der Waals surface area contributed by atoms with Crippen molar-refractivity contribution >= 4 is 10.8 Å². The molecule has 3 nitrogen and oxygen atoms in total. The van der Waals surface area contributed by atoms with Gasteiger partial charge in [-0.2, -0.15) is 0 Å². The van der Waals surface area contributed by atoms with Crippen LogP contribution in [0.3, 0.4) is 0 Å². The van der Waals surface area contributed by atoms with Crippen LogP contribution in [0.4, 0.5) is 0 Å². The third-order valence-electron chi connectivity index (χ3n) is 4.39. The summed E-state index contributed by atoms with van der Waals surface area (Å²) in [7, 11) is 0. The quantitative estimate of drug-likeness (QED) is 0.777. The lowest BCUT2D eigenvalue weighted by atomic mass is 9.96. The Morgan fingerprint density at radius 3 is 2.86 bits per heavy atom. The lowest BCUT2D eigenvalue weighted by Crippen LogP contribution is -2.29. The zero-order chi connectivity index (χ0) is 14.1. The number of imidazole rings is 1. The number of nitrogens with zero attached hydrogens (tertiary/aromatic N) is 2. The maximum atomic E-state index is 4.39. The maximum Gasteiger partial charge on any atom is 0.0994 e. The smallest absolute Gasteiger partial charge is 0.0994 e. The monoisotopic (exact) mass is 277 g/mol. The second-order valence-corrected chi connectivity index (χ2v) is 5.76. The van der Waals surface area contributed by atoms with E-state index in [4.69, 9.17) is 0 Å². The molecule has 1 aliphatic rings. The second-order valence-electron chi connectivity index (χ2n) is 5.76. The Morgan fingerprint density at radius 2 is 2.00 bits per heavy atom. The summed E-state index contributed by atoms with van der Waals surface area (Å²) in [4.78, 5) is 4.39. The topological polar surface area (TPSA) is 29.9 Å². The Kier molecular flexibility index (Phi) is 3.20. The predicted molar refractivity (Wildman–Crippen MR) is 85.9 cm³/mol. The first kappa shape index (κ1) is 12.6. The average molecular weight is 277 g/mol. The standard InChI is InChI=1S/C18H19N3/c1-2-5-15-10-17(8-7-14(15)4-1)21-13-20-12-18(21)16-6-3-9-19-11-16/h1-2,4-5,7-8,10,12-13,16,19H,3,6,9,11H2. The molecule has 21 heavy (non-hydrogen) atoms. The van der Waals surface area contributed by atoms with Crippen molar-refractivity contribution in [3.63, 3.8) is 0 Å². The summed E-state index contributed by atoms with van der Waals surface area (Å²) in [6.45, 7) is 2.19. The van der Waals surface area contributed by atoms with Gasteiger partial charge in [-0.1, -0.05) is 30.3 Å². The van der Waals surface area contributed by atoms with E-state index in [1.165, 1.54) is 35.0 Å². The minimum Gasteiger partial charge on any atom is -0.316 e. The molecule has 0 aliphatic carbocycles. The van der Waals surface area contributed by atoms with E-state index in [0.717, 1.165) is 13.1 Å². The summed E-state index contributed by atoms with van der Waals surface area (Å²) in [5, 5.41) is 6.04. The Hall–Kier alpha value is -2.13. The van der Waals surface area contributed by atoms with Crippen LogP contribution in [-0.4, -0.2) is 22.6 Å². The molecule has 3 aromatic rings. The molecule has 1 fully saturated rings. The van der Waals surface area contributed by atoms with Crippen molar-refractivity contribution in [3.05, 3.63) is 60.7 Å². The number of fused-ring (bicyclic) bond motifs is 1. The van der Waals surface area contributed by atoms with Gasteiger partial charge in [-0.25, -0.2) is 4.98 Å². The van der Waals surface area contributed by atoms with Crippen molar-refractivity contribution in [2.24, 2.45) is 0 Å². The summed E-state index contributed by atoms with van der Waals surface area (Å²) >= 11 is 0. The Bertz CT molecular complexity index is 754. The minimum atomic E-state index is 0.563. The van der Waals surface area contributed by atoms with Crippen molar-refractivity contribution in [1.29, 1.82) is 0 Å². The molecule has 106 valence electrons. The number of rotatable bonds is 2. The van der Waals surface area contributed by atoms with Gasteiger partial charge in [0.15, 0.2) is 0 Å². The molecule has 0 radical (unpaired) electrons. The molecular formula is C18H19N3. The molecule has 0 bridgehead atoms. The number of benzene rings is 2. The summed E-state index contributed by atoms with van der Waals surface area (Å²) in [6, 6.07) is 15.1. The summed E-state index contributed by atoms with van der Waals surface area (Å²) < 4.78 is 2.24. The highest BCUT2D eigenvalue weighted by atomic mass is 15.1. The molecule has 3 heteroatoms. The number of nitrogens with one attached hydrogen (secondary N) is 1. The first-order chi connectivity index (χ1) is 10.4. The van der Waals surface area contributed by atoms with E-state index < -0.39 is 0 Å². The van der Waals surface area contributed by atoms with Crippen LogP contribution in [0.2, 0.25) is 0 Å². The third kappa shape index (κ3) is 2.34. The molecule has 1 aliphatic heterocycles. The molecule has 1 N–H and O–H groups in total. The molecule has 0 spiro atoms. The van der Waals surface area contributed by atoms with Gasteiger partial charge in [-0.15, -0.1) is 0 Å². The van der Waals surface area contributed by atoms with Gasteiger partial charge in [0.2, 0.25) is 0 Å². The molecular weight excluding hydrogens is 258 g/mol. The number of piperidine rings is 1. The van der Waals surface area contributed by atoms with Crippen LogP contribution in [0.5, 0.6) is 0 Å². The van der Waals surface area contributed by atoms with Crippen LogP contribution >= 0.6 is 0 Å². The lowest BCUT2D eigenvalue weighted by Gasteiger charge is -2.23. The van der Waals surface area contributed by atoms with E-state index >= 15 is 0 Å². The fraction of sp³-hybridized carbons (Fsp3) is 0.278. The third-order valence-corrected chi connectivity index (χ3v) is 4.39. The molecule has 1 aromatic heterocycles. The second kappa shape index (κ2) is 5.34. The largest absolute Gasteiger partial charge is 0.316 e. The Labute approximate surface area is 124 Å². The molecule has 1 saturated heterocycles. The fourth-order valence-corrected chi connectivity index (χ4v) is 3.25. The van der Waals surface area contributed by atoms with Gasteiger partial charge >= 0.3 is 0 Å². The number of aromatic nitrogens is 2. The Morgan fingerprint density at radius 1 is 1.10 bits per heavy atom. The first-order valence-corrected chi connectivity index (χ1v) is 7.64. The summed E-state index contributed by atoms with van der Waals surface area (Å²) in [6.07, 6.45) is 6.45. The van der Waals surface area contributed by atoms with Crippen molar-refractivity contribution in [3.8, 4) is 5.69 Å². The van der Waals surface area contributed by atoms with Crippen molar-refractivity contribution < 1.29 is 0 Å². The van der Waals surface area contributed by atoms with Crippen LogP contribution < -0.4 is 5.32 Å². The highest BCUT2D eigenvalue weighted by molar-refractivity contribution is 5.84. The van der Waals surface area contributed by atoms with E-state index in [2.05, 4.69) is 57.3 Å². The SMILES string of the molecule is c1ccc2cc(-n3cncc3C3CCCNC3)ccc2c1. The zero-order valence-electron chi connectivity index (χ0n) is 12.0. The molecule has 1 unspecified atom stereocenters. The summed E-state index contributed by atoms with van der Waals surface area (Å²) in [5.41, 5.74) is 2.52. The normalized spacial score (nSPS) is 19.0. The first-order valence-electron chi connectivity index (χ1n) is 7.64. The number of hydrogen-bond donors (Lipinski definition) is 1. The summed E-state index contributed by atoms with van der Waals surface area (Å²) in [5.74, 6) is 0.563. The molecule has 2 aromatic carbocycles. The van der Waals surface area contributed by atoms with Crippen LogP contribution in [0.15, 0.2) is 55.0 Å². The minimum absolute atomic E-state index is 0.563. The van der Waals surface area contributed by atoms with E-state index in [1.807, 2.05) is 12.5 Å². The average Bonchev–Trinajstić information content (AvgIpc) is 3.05. The van der Waals surface area contributed by atoms with Gasteiger partial charge in [-0.05, 0) is 42.3 Å². The van der Waals surface area contributed by atoms with Gasteiger partial charge < -0.3 is 9.88 Å². The molecule has 2 heterocycles. The van der Waals surface area contributed by atoms with Crippen molar-refractivity contribution in [2.45, 2.75) is 18.8 Å². The van der Waals surface area contributed by atoms with Crippen LogP contribution in [-0.2, 0) is 0 Å². The van der Waals surface area contributed by atoms with Crippen molar-refractivity contribution in [1.82, 2.24) is 14.9 Å². The number of hydrogen-bond acceptors (Lipinski definition) is 2. The van der Waals surface area contributed by atoms with Crippen molar-refractivity contribution in [2.75, 3.05) is 13.1 Å². The highest BCUT2D eigenvalue weighted by Crippen LogP contribution is 2.26. The van der Waals surface area contributed by atoms with E-state index in [-0.39, 0.29) is 0 Å². The fourth-order valence-electron chi connectivity index (χ4n) is 3.25. The van der Waals surface area contributed by atoms with Crippen LogP contribution in [0.25, 0.3) is 16.5 Å². The molecule has 0 saturated carbocycles. The van der Waals surface area contributed by atoms with Gasteiger partial charge in [-0.3, -0.25) is 0 Å². The Balaban J connectivity index is 1.76. The van der Waals surface area contributed by atoms with E-state index in [9.17, 15) is 0 Å². The molecule has 4 rings (SSSR count). The van der Waals surface area contributed by atoms with Gasteiger partial charge in [0.1, 0.15) is 0 Å².